The summed E-state index contributed by atoms with van der Waals surface area (Å²) in [5.74, 6) is -9.43. The fourth-order valence-corrected chi connectivity index (χ4v) is 13.2. The first-order chi connectivity index (χ1) is 32.9. The number of fused-ring (bicyclic) bond motifs is 20. The molecule has 4 saturated carbocycles. The van der Waals surface area contributed by atoms with E-state index in [1.54, 1.807) is 0 Å². The molecule has 4 aliphatic heterocycles. The normalized spacial score (nSPS) is 34.0. The van der Waals surface area contributed by atoms with Crippen molar-refractivity contribution >= 4 is 109 Å². The number of hydrogen-bond acceptors (Lipinski definition) is 13. The Hall–Kier alpha value is -4.10. The second-order valence-corrected chi connectivity index (χ2v) is 25.3. The Morgan fingerprint density at radius 2 is 0.539 bits per heavy atom. The Bertz CT molecular complexity index is 2170. The number of hydrogen-bond donors (Lipinski definition) is 2. The van der Waals surface area contributed by atoms with Crippen molar-refractivity contribution in [3.8, 4) is 0 Å². The largest absolute Gasteiger partial charge is 0.693 e. The zero-order valence-electron chi connectivity index (χ0n) is 39.0. The molecule has 0 aromatic rings. The molecule has 4 saturated heterocycles. The van der Waals surface area contributed by atoms with Crippen LogP contribution in [0.15, 0.2) is 48.6 Å². The SMILES string of the molecule is C.O.O.O=C(CN1C(=O)[C@@H]2[C@H](C1=O)[C@H]1C=C[C@@H]2C1)OC(=O)CN1C(=O)[C@@H]2[C@H](C1=O)[C@H]1C=C[C@@H]2C1.O=C(O)CN1C(=O)C2C(C1=O)[C@H]1C=C[C@@H]2C1.O=C(O)CN1C(=O)[C@@H]2[C@H](C1=O)[C@H]1C=C[C@@H]2C1.[Cl][Pt+2][Cl].[Cl][Pt+2][Cl].[NH2-].[NH2-].[NH2-].[NH2-]. The van der Waals surface area contributed by atoms with E-state index in [0.29, 0.717) is 0 Å². The number of esters is 2. The van der Waals surface area contributed by atoms with Crippen molar-refractivity contribution < 1.29 is 116 Å². The summed E-state index contributed by atoms with van der Waals surface area (Å²) in [6.45, 7) is -2.28. The Morgan fingerprint density at radius 1 is 0.395 bits per heavy atom. The molecule has 428 valence electrons. The van der Waals surface area contributed by atoms with E-state index < -0.39 is 130 Å². The Labute approximate surface area is 468 Å². The number of imide groups is 4. The van der Waals surface area contributed by atoms with Crippen LogP contribution in [0.1, 0.15) is 33.1 Å². The number of halogens is 4. The summed E-state index contributed by atoms with van der Waals surface area (Å²) in [7, 11) is 19.5. The summed E-state index contributed by atoms with van der Waals surface area (Å²) in [5, 5.41) is 17.3. The van der Waals surface area contributed by atoms with E-state index in [0.717, 1.165) is 45.3 Å². The van der Waals surface area contributed by atoms with Gasteiger partial charge in [0.25, 0.3) is 0 Å². The van der Waals surface area contributed by atoms with E-state index in [4.69, 9.17) is 52.6 Å². The summed E-state index contributed by atoms with van der Waals surface area (Å²) in [5.41, 5.74) is 0. The quantitative estimate of drug-likeness (QED) is 0.150. The van der Waals surface area contributed by atoms with Crippen LogP contribution in [-0.2, 0) is 95.2 Å². The molecule has 0 aromatic heterocycles. The van der Waals surface area contributed by atoms with Crippen molar-refractivity contribution in [3.05, 3.63) is 73.2 Å². The molecule has 12 aliphatic rings. The third-order valence-electron chi connectivity index (χ3n) is 15.6. The van der Waals surface area contributed by atoms with E-state index in [9.17, 15) is 57.5 Å². The number of ether oxygens (including phenoxy) is 1. The Kier molecular flexibility index (Phi) is 25.9. The summed E-state index contributed by atoms with van der Waals surface area (Å²) >= 11 is -0.944. The van der Waals surface area contributed by atoms with Gasteiger partial charge in [0.2, 0.25) is 47.3 Å². The number of nitrogens with zero attached hydrogens (tertiary/aromatic N) is 4. The minimum absolute atomic E-state index is 0. The number of allylic oxidation sites excluding steroid dienone is 8. The van der Waals surface area contributed by atoms with Gasteiger partial charge in [-0.05, 0) is 73.0 Å². The molecule has 14 N–H and O–H groups in total. The van der Waals surface area contributed by atoms with Crippen molar-refractivity contribution in [2.24, 2.45) is 94.7 Å². The van der Waals surface area contributed by atoms with Crippen LogP contribution < -0.4 is 0 Å². The maximum atomic E-state index is 12.6. The molecule has 8 amide bonds. The first-order valence-corrected chi connectivity index (χ1v) is 33.1. The second kappa shape index (κ2) is 28.2. The topological polar surface area (TPSA) is 464 Å². The number of carboxylic acid groups (broad SMARTS) is 2. The summed E-state index contributed by atoms with van der Waals surface area (Å²) in [6, 6.07) is 0. The van der Waals surface area contributed by atoms with Gasteiger partial charge in [-0.2, -0.15) is 0 Å². The molecule has 2 unspecified atom stereocenters. The average Bonchev–Trinajstić information content (AvgIpc) is 4.15. The zero-order valence-corrected chi connectivity index (χ0v) is 46.5. The molecule has 12 rings (SSSR count). The number of aliphatic carboxylic acids is 2. The minimum Gasteiger partial charge on any atom is -0.693 e. The van der Waals surface area contributed by atoms with Crippen molar-refractivity contribution in [3.63, 3.8) is 0 Å². The maximum absolute atomic E-state index is 12.6. The average molecular weight is 1510 g/mol. The Morgan fingerprint density at radius 3 is 0.684 bits per heavy atom. The number of carboxylic acids is 2. The van der Waals surface area contributed by atoms with Crippen LogP contribution in [0.2, 0.25) is 0 Å². The van der Waals surface area contributed by atoms with Gasteiger partial charge in [0.15, 0.2) is 0 Å². The van der Waals surface area contributed by atoms with Crippen LogP contribution in [0.25, 0.3) is 24.6 Å². The smallest absolute Gasteiger partial charge is 0.693 e. The molecule has 0 spiro atoms. The van der Waals surface area contributed by atoms with E-state index in [-0.39, 0.29) is 138 Å². The first-order valence-electron chi connectivity index (χ1n) is 21.8. The van der Waals surface area contributed by atoms with Crippen molar-refractivity contribution in [2.45, 2.75) is 33.1 Å². The number of likely N-dealkylation sites (tertiary alicyclic amines) is 4. The van der Waals surface area contributed by atoms with Crippen LogP contribution in [0.5, 0.6) is 0 Å². The van der Waals surface area contributed by atoms with E-state index >= 15 is 0 Å². The van der Waals surface area contributed by atoms with Crippen molar-refractivity contribution in [1.82, 2.24) is 19.6 Å². The Balaban J connectivity index is 0.000000553. The third-order valence-corrected chi connectivity index (χ3v) is 15.6. The molecule has 25 nitrogen and oxygen atoms in total. The summed E-state index contributed by atoms with van der Waals surface area (Å²) < 4.78 is 4.75. The number of carbonyl (C=O) groups is 12. The van der Waals surface area contributed by atoms with Crippen molar-refractivity contribution in [1.29, 1.82) is 0 Å². The number of carbonyl (C=O) groups excluding carboxylic acids is 10. The predicted molar refractivity (Wildman–Crippen MR) is 263 cm³/mol. The van der Waals surface area contributed by atoms with Gasteiger partial charge in [-0.15, -0.1) is 0 Å². The van der Waals surface area contributed by atoms with Gasteiger partial charge in [0.1, 0.15) is 26.2 Å². The molecule has 31 heteroatoms. The van der Waals surface area contributed by atoms with Crippen LogP contribution in [0, 0.1) is 94.7 Å². The molecule has 8 bridgehead atoms. The van der Waals surface area contributed by atoms with Crippen LogP contribution in [0.3, 0.4) is 0 Å². The molecule has 8 fully saturated rings. The molecule has 0 radical (unpaired) electrons. The number of nitrogens with two attached hydrogens (primary N) is 4. The van der Waals surface area contributed by atoms with Gasteiger partial charge in [-0.25, -0.2) is 9.59 Å². The second-order valence-electron chi connectivity index (χ2n) is 18.8. The molecule has 4 heterocycles. The van der Waals surface area contributed by atoms with Gasteiger partial charge in [-0.1, -0.05) is 56.0 Å². The molecule has 8 aliphatic carbocycles. The van der Waals surface area contributed by atoms with Gasteiger partial charge < -0.3 is 50.5 Å². The predicted octanol–water partition coefficient (Wildman–Crippen LogP) is 4.03. The number of amides is 8. The van der Waals surface area contributed by atoms with Crippen molar-refractivity contribution in [2.75, 3.05) is 26.2 Å². The summed E-state index contributed by atoms with van der Waals surface area (Å²) in [4.78, 5) is 147. The van der Waals surface area contributed by atoms with E-state index in [1.807, 2.05) is 48.6 Å². The van der Waals surface area contributed by atoms with E-state index in [2.05, 4.69) is 0 Å². The first kappa shape index (κ1) is 69.9. The van der Waals surface area contributed by atoms with Gasteiger partial charge in [0.05, 0.1) is 47.3 Å². The number of rotatable bonds is 8. The van der Waals surface area contributed by atoms with Crippen LogP contribution in [0.4, 0.5) is 0 Å². The standard InChI is InChI=1S/C22H20N2O7.2C11H11NO4.CH4.4ClH.4H2N.2H2O.2Pt/c25-13(7-23-19(27)15-9-1-2-10(5-9)16(15)20(23)28)31-14(26)8-24-21(29)17-11-3-4-12(6-11)18(17)22(24)30;2*13-7(14)4-12-10(15)8-5-1-2-6(3-5)9(8)11(12)16;;;;;;;;;;;;;/h1-4,9-12,15-18H,5-8H2;2*1-2,5-6,8-9H,3-4H2,(H,13,14);1H4;4*1H;6*1H2;;/q;;;;;;;;4*-1;;;2*+4/p-4/t9-,10+,11-,12+,15+,16-,17+,18-;5-,6+,8?,9?;5-,6+,8+,9-;;;;;;;;;;;;;. The molecular weight excluding hydrogens is 1460 g/mol. The molecule has 16 atom stereocenters. The molecular formula is C45H58Cl4N8O17Pt2. The molecule has 76 heavy (non-hydrogen) atoms. The summed E-state index contributed by atoms with van der Waals surface area (Å²) in [6.07, 6.45) is 19.0. The maximum Gasteiger partial charge on any atom is -0.693 e. The van der Waals surface area contributed by atoms with Crippen LogP contribution >= 0.6 is 37.7 Å². The third kappa shape index (κ3) is 12.4. The van der Waals surface area contributed by atoms with E-state index in [1.165, 1.54) is 0 Å². The zero-order chi connectivity index (χ0) is 49.9. The van der Waals surface area contributed by atoms with Gasteiger partial charge >= 0.3 is 94.5 Å². The molecule has 0 aromatic carbocycles. The fourth-order valence-electron chi connectivity index (χ4n) is 13.2. The van der Waals surface area contributed by atoms with Gasteiger partial charge in [0, 0.05) is 0 Å². The fraction of sp³-hybridized carbons (Fsp3) is 0.556. The van der Waals surface area contributed by atoms with Gasteiger partial charge in [-0.3, -0.25) is 67.5 Å². The van der Waals surface area contributed by atoms with Crippen LogP contribution in [-0.4, -0.2) is 138 Å². The monoisotopic (exact) mass is 1510 g/mol. The minimum atomic E-state index is -1.14.